The van der Waals surface area contributed by atoms with Gasteiger partial charge in [0.05, 0.1) is 18.2 Å². The largest absolute Gasteiger partial charge is 0.507 e. The van der Waals surface area contributed by atoms with Gasteiger partial charge >= 0.3 is 0 Å². The summed E-state index contributed by atoms with van der Waals surface area (Å²) in [4.78, 5) is 32.4. The zero-order chi connectivity index (χ0) is 27.4. The third-order valence-electron chi connectivity index (χ3n) is 6.52. The summed E-state index contributed by atoms with van der Waals surface area (Å²) in [5.41, 5.74) is 2.65. The maximum atomic E-state index is 13.5. The number of pyridine rings is 1. The van der Waals surface area contributed by atoms with Gasteiger partial charge in [-0.2, -0.15) is 0 Å². The van der Waals surface area contributed by atoms with Gasteiger partial charge in [0.2, 0.25) is 0 Å². The Kier molecular flexibility index (Phi) is 7.41. The summed E-state index contributed by atoms with van der Waals surface area (Å²) in [6.07, 6.45) is 3.30. The quantitative estimate of drug-likeness (QED) is 0.169. The number of para-hydroxylation sites is 1. The molecule has 1 amide bonds. The van der Waals surface area contributed by atoms with Gasteiger partial charge in [-0.25, -0.2) is 0 Å². The molecule has 0 bridgehead atoms. The molecule has 1 N–H and O–H groups in total. The van der Waals surface area contributed by atoms with Crippen LogP contribution in [0.3, 0.4) is 0 Å². The van der Waals surface area contributed by atoms with Crippen LogP contribution in [0.1, 0.15) is 35.2 Å². The number of carbonyl (C=O) groups is 2. The molecule has 1 atom stereocenters. The number of aryl methyl sites for hydroxylation is 1. The third kappa shape index (κ3) is 5.38. The Bertz CT molecular complexity index is 1530. The molecule has 5 rings (SSSR count). The molecule has 3 aromatic carbocycles. The molecule has 196 valence electrons. The number of nitrogens with zero attached hydrogens (tertiary/aromatic N) is 2. The van der Waals surface area contributed by atoms with Crippen LogP contribution in [-0.4, -0.2) is 33.3 Å². The molecule has 4 aromatic rings. The maximum absolute atomic E-state index is 13.5. The number of aliphatic hydroxyl groups is 1. The van der Waals surface area contributed by atoms with Crippen molar-refractivity contribution in [3.8, 4) is 17.2 Å². The molecule has 0 spiro atoms. The van der Waals surface area contributed by atoms with Gasteiger partial charge in [0, 0.05) is 24.5 Å². The van der Waals surface area contributed by atoms with E-state index in [2.05, 4.69) is 4.98 Å². The number of benzene rings is 3. The highest BCUT2D eigenvalue weighted by molar-refractivity contribution is 6.46. The fraction of sp³-hybridized carbons (Fsp3) is 0.156. The minimum Gasteiger partial charge on any atom is -0.507 e. The van der Waals surface area contributed by atoms with Crippen molar-refractivity contribution in [2.75, 3.05) is 6.61 Å². The minimum atomic E-state index is -0.837. The standard InChI is InChI=1S/C32H28N2O5/c1-3-38-27-15-14-24(17-21(27)2)30(35)28-29(34(32(37)31(28)36)20-22-9-8-16-33-19-22)23-10-7-13-26(18-23)39-25-11-5-4-6-12-25/h4-19,29,35H,3,20H2,1-2H3/b30-28+. The van der Waals surface area contributed by atoms with Crippen LogP contribution in [0.2, 0.25) is 0 Å². The molecule has 1 aliphatic rings. The minimum absolute atomic E-state index is 0.0179. The zero-order valence-electron chi connectivity index (χ0n) is 21.7. The highest BCUT2D eigenvalue weighted by atomic mass is 16.5. The van der Waals surface area contributed by atoms with E-state index in [0.717, 1.165) is 11.1 Å². The normalized spacial score (nSPS) is 16.4. The lowest BCUT2D eigenvalue weighted by molar-refractivity contribution is -0.140. The maximum Gasteiger partial charge on any atom is 0.295 e. The van der Waals surface area contributed by atoms with Crippen molar-refractivity contribution in [3.05, 3.63) is 125 Å². The number of hydrogen-bond acceptors (Lipinski definition) is 6. The number of likely N-dealkylation sites (tertiary alicyclic amines) is 1. The van der Waals surface area contributed by atoms with Crippen molar-refractivity contribution >= 4 is 17.4 Å². The van der Waals surface area contributed by atoms with Crippen LogP contribution < -0.4 is 9.47 Å². The van der Waals surface area contributed by atoms with E-state index >= 15 is 0 Å². The molecule has 1 aliphatic heterocycles. The van der Waals surface area contributed by atoms with E-state index in [1.807, 2.05) is 56.3 Å². The number of hydrogen-bond donors (Lipinski definition) is 1. The Labute approximate surface area is 227 Å². The summed E-state index contributed by atoms with van der Waals surface area (Å²) in [6, 6.07) is 24.5. The molecule has 1 aromatic heterocycles. The van der Waals surface area contributed by atoms with Gasteiger partial charge in [-0.05, 0) is 79.1 Å². The predicted octanol–water partition coefficient (Wildman–Crippen LogP) is 6.20. The van der Waals surface area contributed by atoms with Crippen LogP contribution >= 0.6 is 0 Å². The molecule has 0 radical (unpaired) electrons. The number of ether oxygens (including phenoxy) is 2. The molecule has 2 heterocycles. The van der Waals surface area contributed by atoms with Crippen molar-refractivity contribution in [2.24, 2.45) is 0 Å². The summed E-state index contributed by atoms with van der Waals surface area (Å²) in [5, 5.41) is 11.5. The Morgan fingerprint density at radius 3 is 2.46 bits per heavy atom. The Balaban J connectivity index is 1.61. The van der Waals surface area contributed by atoms with Crippen molar-refractivity contribution in [1.82, 2.24) is 9.88 Å². The van der Waals surface area contributed by atoms with Gasteiger partial charge in [-0.1, -0.05) is 36.4 Å². The van der Waals surface area contributed by atoms with Crippen LogP contribution in [-0.2, 0) is 16.1 Å². The molecular formula is C32H28N2O5. The first-order valence-corrected chi connectivity index (χ1v) is 12.7. The van der Waals surface area contributed by atoms with Crippen molar-refractivity contribution in [2.45, 2.75) is 26.4 Å². The molecule has 39 heavy (non-hydrogen) atoms. The second-order valence-corrected chi connectivity index (χ2v) is 9.19. The van der Waals surface area contributed by atoms with Crippen molar-refractivity contribution < 1.29 is 24.2 Å². The first-order valence-electron chi connectivity index (χ1n) is 12.7. The first kappa shape index (κ1) is 25.7. The lowest BCUT2D eigenvalue weighted by Crippen LogP contribution is -2.29. The summed E-state index contributed by atoms with van der Waals surface area (Å²) in [6.45, 7) is 4.41. The SMILES string of the molecule is CCOc1ccc(/C(O)=C2\C(=O)C(=O)N(Cc3cccnc3)C2c2cccc(Oc3ccccc3)c2)cc1C. The fourth-order valence-corrected chi connectivity index (χ4v) is 4.72. The summed E-state index contributed by atoms with van der Waals surface area (Å²) in [5.74, 6) is 0.206. The van der Waals surface area contributed by atoms with E-state index in [1.165, 1.54) is 4.90 Å². The average Bonchev–Trinajstić information content (AvgIpc) is 3.20. The van der Waals surface area contributed by atoms with E-state index in [4.69, 9.17) is 9.47 Å². The highest BCUT2D eigenvalue weighted by Gasteiger charge is 2.46. The number of amides is 1. The molecule has 0 aliphatic carbocycles. The number of rotatable bonds is 8. The molecule has 1 fully saturated rings. The van der Waals surface area contributed by atoms with Crippen LogP contribution in [0.5, 0.6) is 17.2 Å². The van der Waals surface area contributed by atoms with Crippen LogP contribution in [0.15, 0.2) is 103 Å². The van der Waals surface area contributed by atoms with Gasteiger partial charge < -0.3 is 19.5 Å². The monoisotopic (exact) mass is 520 g/mol. The zero-order valence-corrected chi connectivity index (χ0v) is 21.7. The summed E-state index contributed by atoms with van der Waals surface area (Å²) >= 11 is 0. The average molecular weight is 521 g/mol. The van der Waals surface area contributed by atoms with E-state index in [0.29, 0.717) is 35.0 Å². The molecular weight excluding hydrogens is 492 g/mol. The lowest BCUT2D eigenvalue weighted by Gasteiger charge is -2.25. The number of carbonyl (C=O) groups excluding carboxylic acids is 2. The lowest BCUT2D eigenvalue weighted by atomic mass is 9.94. The Morgan fingerprint density at radius 1 is 0.949 bits per heavy atom. The van der Waals surface area contributed by atoms with Gasteiger partial charge in [-0.15, -0.1) is 0 Å². The first-order chi connectivity index (χ1) is 19.0. The molecule has 0 saturated carbocycles. The molecule has 7 nitrogen and oxygen atoms in total. The third-order valence-corrected chi connectivity index (χ3v) is 6.52. The molecule has 1 unspecified atom stereocenters. The highest BCUT2D eigenvalue weighted by Crippen LogP contribution is 2.41. The second kappa shape index (κ2) is 11.2. The van der Waals surface area contributed by atoms with Crippen LogP contribution in [0.25, 0.3) is 5.76 Å². The van der Waals surface area contributed by atoms with Crippen LogP contribution in [0.4, 0.5) is 0 Å². The summed E-state index contributed by atoms with van der Waals surface area (Å²) in [7, 11) is 0. The van der Waals surface area contributed by atoms with E-state index in [9.17, 15) is 14.7 Å². The number of aliphatic hydroxyl groups excluding tert-OH is 1. The van der Waals surface area contributed by atoms with Crippen molar-refractivity contribution in [3.63, 3.8) is 0 Å². The van der Waals surface area contributed by atoms with Crippen LogP contribution in [0, 0.1) is 6.92 Å². The van der Waals surface area contributed by atoms with E-state index < -0.39 is 17.7 Å². The van der Waals surface area contributed by atoms with Gasteiger partial charge in [0.15, 0.2) is 0 Å². The smallest absolute Gasteiger partial charge is 0.295 e. The molecule has 1 saturated heterocycles. The summed E-state index contributed by atoms with van der Waals surface area (Å²) < 4.78 is 11.7. The topological polar surface area (TPSA) is 89.0 Å². The number of Topliss-reactive ketones (excluding diaryl/α,β-unsaturated/α-hetero) is 1. The fourth-order valence-electron chi connectivity index (χ4n) is 4.72. The van der Waals surface area contributed by atoms with E-state index in [-0.39, 0.29) is 17.9 Å². The van der Waals surface area contributed by atoms with Crippen molar-refractivity contribution in [1.29, 1.82) is 0 Å². The number of ketones is 1. The number of aromatic nitrogens is 1. The van der Waals surface area contributed by atoms with Gasteiger partial charge in [0.25, 0.3) is 11.7 Å². The Hall–Kier alpha value is -4.91. The molecule has 7 heteroatoms. The predicted molar refractivity (Wildman–Crippen MR) is 147 cm³/mol. The van der Waals surface area contributed by atoms with Gasteiger partial charge in [-0.3, -0.25) is 14.6 Å². The van der Waals surface area contributed by atoms with Gasteiger partial charge in [0.1, 0.15) is 23.0 Å². The Morgan fingerprint density at radius 2 is 1.74 bits per heavy atom. The second-order valence-electron chi connectivity index (χ2n) is 9.19. The van der Waals surface area contributed by atoms with E-state index in [1.54, 1.807) is 54.9 Å².